The number of nitriles is 1. The Bertz CT molecular complexity index is 714. The highest BCUT2D eigenvalue weighted by atomic mass is 16.1. The van der Waals surface area contributed by atoms with Gasteiger partial charge >= 0.3 is 0 Å². The van der Waals surface area contributed by atoms with E-state index in [1.165, 1.54) is 5.56 Å². The van der Waals surface area contributed by atoms with Crippen molar-refractivity contribution in [3.63, 3.8) is 0 Å². The minimum absolute atomic E-state index is 0.107. The summed E-state index contributed by atoms with van der Waals surface area (Å²) in [6, 6.07) is 8.29. The lowest BCUT2D eigenvalue weighted by molar-refractivity contribution is -0.117. The Morgan fingerprint density at radius 1 is 1.45 bits per heavy atom. The van der Waals surface area contributed by atoms with Crippen molar-refractivity contribution < 1.29 is 4.79 Å². The zero-order valence-electron chi connectivity index (χ0n) is 11.4. The number of rotatable bonds is 0. The second-order valence-corrected chi connectivity index (χ2v) is 5.68. The molecule has 1 aromatic carbocycles. The third kappa shape index (κ3) is 1.62. The minimum atomic E-state index is -0.597. The molecule has 0 fully saturated rings. The number of hydrogen-bond donors (Lipinski definition) is 0. The molecule has 2 nitrogen and oxygen atoms in total. The van der Waals surface area contributed by atoms with Crippen molar-refractivity contribution >= 4 is 11.4 Å². The number of hydrogen-bond acceptors (Lipinski definition) is 2. The largest absolute Gasteiger partial charge is 0.293 e. The molecule has 2 aliphatic carbocycles. The smallest absolute Gasteiger partial charge is 0.173 e. The first-order valence-electron chi connectivity index (χ1n) is 6.83. The molecule has 0 aliphatic heterocycles. The zero-order chi connectivity index (χ0) is 14.3. The van der Waals surface area contributed by atoms with E-state index >= 15 is 0 Å². The molecule has 2 heteroatoms. The monoisotopic (exact) mass is 261 g/mol. The van der Waals surface area contributed by atoms with E-state index < -0.39 is 11.3 Å². The van der Waals surface area contributed by atoms with Gasteiger partial charge in [-0.25, -0.2) is 0 Å². The van der Waals surface area contributed by atoms with Crippen molar-refractivity contribution in [2.45, 2.75) is 26.2 Å². The molecule has 0 saturated carbocycles. The number of benzene rings is 1. The molecule has 2 atom stereocenters. The van der Waals surface area contributed by atoms with Crippen LogP contribution in [0.3, 0.4) is 0 Å². The molecule has 0 heterocycles. The summed E-state index contributed by atoms with van der Waals surface area (Å²) in [6.45, 7) is 2.05. The Morgan fingerprint density at radius 2 is 2.25 bits per heavy atom. The molecule has 0 amide bonds. The van der Waals surface area contributed by atoms with Gasteiger partial charge in [-0.3, -0.25) is 4.79 Å². The predicted octanol–water partition coefficient (Wildman–Crippen LogP) is 3.06. The fraction of sp³-hybridized carbons (Fsp3) is 0.333. The molecule has 0 aromatic heterocycles. The maximum atomic E-state index is 12.1. The van der Waals surface area contributed by atoms with Crippen LogP contribution in [0.5, 0.6) is 0 Å². The lowest BCUT2D eigenvalue weighted by Crippen LogP contribution is -2.35. The summed E-state index contributed by atoms with van der Waals surface area (Å²) in [5.74, 6) is 2.20. The highest BCUT2D eigenvalue weighted by Crippen LogP contribution is 2.51. The van der Waals surface area contributed by atoms with Crippen LogP contribution < -0.4 is 0 Å². The van der Waals surface area contributed by atoms with Gasteiger partial charge in [0.05, 0.1) is 11.5 Å². The van der Waals surface area contributed by atoms with Gasteiger partial charge in [0.25, 0.3) is 0 Å². The van der Waals surface area contributed by atoms with Gasteiger partial charge in [0, 0.05) is 0 Å². The van der Waals surface area contributed by atoms with E-state index in [-0.39, 0.29) is 5.78 Å². The summed E-state index contributed by atoms with van der Waals surface area (Å²) >= 11 is 0. The molecule has 98 valence electrons. The minimum Gasteiger partial charge on any atom is -0.293 e. The molecule has 0 radical (unpaired) electrons. The number of aryl methyl sites for hydroxylation is 2. The average Bonchev–Trinajstić information content (AvgIpc) is 2.47. The van der Waals surface area contributed by atoms with Gasteiger partial charge in [0.1, 0.15) is 5.92 Å². The van der Waals surface area contributed by atoms with Crippen LogP contribution in [0.1, 0.15) is 29.5 Å². The number of fused-ring (bicyclic) bond motifs is 3. The first-order chi connectivity index (χ1) is 9.61. The Balaban J connectivity index is 2.26. The number of terminal acetylenes is 1. The lowest BCUT2D eigenvalue weighted by atomic mass is 9.60. The van der Waals surface area contributed by atoms with E-state index in [1.807, 2.05) is 19.1 Å². The quantitative estimate of drug-likeness (QED) is 0.673. The van der Waals surface area contributed by atoms with E-state index in [0.717, 1.165) is 29.5 Å². The second-order valence-electron chi connectivity index (χ2n) is 5.68. The number of carbonyl (C=O) groups excluding carboxylic acids is 1. The molecule has 2 aliphatic rings. The van der Waals surface area contributed by atoms with E-state index in [2.05, 4.69) is 18.1 Å². The summed E-state index contributed by atoms with van der Waals surface area (Å²) in [4.78, 5) is 12.1. The first-order valence-corrected chi connectivity index (χ1v) is 6.83. The van der Waals surface area contributed by atoms with Gasteiger partial charge in [0.2, 0.25) is 0 Å². The van der Waals surface area contributed by atoms with Crippen LogP contribution in [-0.2, 0) is 11.2 Å². The average molecular weight is 261 g/mol. The van der Waals surface area contributed by atoms with Crippen LogP contribution in [0.2, 0.25) is 0 Å². The lowest BCUT2D eigenvalue weighted by Gasteiger charge is -2.40. The summed E-state index contributed by atoms with van der Waals surface area (Å²) in [6.07, 6.45) is 9.62. The maximum absolute atomic E-state index is 12.1. The van der Waals surface area contributed by atoms with Crippen molar-refractivity contribution in [1.29, 1.82) is 5.26 Å². The third-order valence-corrected chi connectivity index (χ3v) is 4.58. The van der Waals surface area contributed by atoms with E-state index in [0.29, 0.717) is 6.42 Å². The van der Waals surface area contributed by atoms with Crippen LogP contribution in [0.25, 0.3) is 5.57 Å². The molecule has 2 unspecified atom stereocenters. The molecule has 1 aromatic rings. The van der Waals surface area contributed by atoms with E-state index in [1.54, 1.807) is 6.08 Å². The summed E-state index contributed by atoms with van der Waals surface area (Å²) in [5.41, 5.74) is 4.03. The van der Waals surface area contributed by atoms with Gasteiger partial charge in [-0.1, -0.05) is 24.1 Å². The van der Waals surface area contributed by atoms with E-state index in [9.17, 15) is 4.79 Å². The van der Waals surface area contributed by atoms with Crippen molar-refractivity contribution in [3.05, 3.63) is 41.0 Å². The molecule has 20 heavy (non-hydrogen) atoms. The van der Waals surface area contributed by atoms with Crippen LogP contribution >= 0.6 is 0 Å². The highest BCUT2D eigenvalue weighted by Gasteiger charge is 2.44. The Hall–Kier alpha value is -2.32. The molecule has 0 spiro atoms. The molecule has 0 bridgehead atoms. The van der Waals surface area contributed by atoms with Crippen LogP contribution in [0.4, 0.5) is 0 Å². The first kappa shape index (κ1) is 12.7. The summed E-state index contributed by atoms with van der Waals surface area (Å²) in [7, 11) is 0. The number of carbonyl (C=O) groups is 1. The van der Waals surface area contributed by atoms with Crippen molar-refractivity contribution in [1.82, 2.24) is 0 Å². The highest BCUT2D eigenvalue weighted by molar-refractivity contribution is 6.04. The molecule has 0 saturated heterocycles. The molecule has 0 N–H and O–H groups in total. The number of nitrogens with zero attached hydrogens (tertiary/aromatic N) is 1. The van der Waals surface area contributed by atoms with Gasteiger partial charge in [-0.15, -0.1) is 6.42 Å². The van der Waals surface area contributed by atoms with E-state index in [4.69, 9.17) is 11.7 Å². The van der Waals surface area contributed by atoms with Crippen molar-refractivity contribution in [2.75, 3.05) is 0 Å². The summed E-state index contributed by atoms with van der Waals surface area (Å²) < 4.78 is 0. The third-order valence-electron chi connectivity index (χ3n) is 4.58. The maximum Gasteiger partial charge on any atom is 0.173 e. The molecular weight excluding hydrogens is 246 g/mol. The SMILES string of the molecule is C#CC12CCc3cccc(C)c3C1=CC(=O)C(C#N)C2. The number of allylic oxidation sites excluding steroid dienone is 2. The van der Waals surface area contributed by atoms with Gasteiger partial charge in [-0.2, -0.15) is 5.26 Å². The van der Waals surface area contributed by atoms with Gasteiger partial charge < -0.3 is 0 Å². The van der Waals surface area contributed by atoms with Crippen LogP contribution in [0.15, 0.2) is 24.3 Å². The molecule has 3 rings (SSSR count). The van der Waals surface area contributed by atoms with Crippen LogP contribution in [0, 0.1) is 41.9 Å². The Kier molecular flexibility index (Phi) is 2.77. The molecular formula is C18H15NO. The standard InChI is InChI=1S/C18H15NO/c1-3-18-8-7-13-6-4-5-12(2)17(13)15(18)9-16(20)14(10-18)11-19/h1,4-6,9,14H,7-8,10H2,2H3. The van der Waals surface area contributed by atoms with Crippen molar-refractivity contribution in [3.8, 4) is 18.4 Å². The number of ketones is 1. The zero-order valence-corrected chi connectivity index (χ0v) is 11.4. The summed E-state index contributed by atoms with van der Waals surface area (Å²) in [5, 5.41) is 9.14. The van der Waals surface area contributed by atoms with Crippen molar-refractivity contribution in [2.24, 2.45) is 11.3 Å². The van der Waals surface area contributed by atoms with Gasteiger partial charge in [-0.05, 0) is 54.5 Å². The fourth-order valence-corrected chi connectivity index (χ4v) is 3.48. The second kappa shape index (κ2) is 4.36. The topological polar surface area (TPSA) is 40.9 Å². The van der Waals surface area contributed by atoms with Crippen LogP contribution in [-0.4, -0.2) is 5.78 Å². The van der Waals surface area contributed by atoms with Gasteiger partial charge in [0.15, 0.2) is 5.78 Å². The Morgan fingerprint density at radius 3 is 2.95 bits per heavy atom. The fourth-order valence-electron chi connectivity index (χ4n) is 3.48. The predicted molar refractivity (Wildman–Crippen MR) is 77.5 cm³/mol. The normalized spacial score (nSPS) is 27.6. The Labute approximate surface area is 119 Å².